The number of aryl methyl sites for hydroxylation is 1. The highest BCUT2D eigenvalue weighted by Crippen LogP contribution is 2.48. The number of nitrogens with one attached hydrogen (secondary N) is 2. The van der Waals surface area contributed by atoms with Gasteiger partial charge in [0.2, 0.25) is 0 Å². The Kier molecular flexibility index (Phi) is 5.48. The first-order chi connectivity index (χ1) is 16.2. The molecule has 34 heavy (non-hydrogen) atoms. The van der Waals surface area contributed by atoms with E-state index in [0.29, 0.717) is 40.6 Å². The summed E-state index contributed by atoms with van der Waals surface area (Å²) < 4.78 is 5.80. The van der Waals surface area contributed by atoms with Crippen LogP contribution in [0, 0.1) is 12.3 Å². The van der Waals surface area contributed by atoms with E-state index < -0.39 is 12.1 Å². The predicted octanol–water partition coefficient (Wildman–Crippen LogP) is 7.09. The largest absolute Gasteiger partial charge is 0.467 e. The molecule has 174 valence electrons. The van der Waals surface area contributed by atoms with E-state index >= 15 is 0 Å². The Morgan fingerprint density at radius 1 is 1.15 bits per heavy atom. The maximum atomic E-state index is 13.9. The van der Waals surface area contributed by atoms with Gasteiger partial charge in [-0.3, -0.25) is 9.69 Å². The smallest absolute Gasteiger partial charge is 0.327 e. The van der Waals surface area contributed by atoms with Crippen molar-refractivity contribution in [1.82, 2.24) is 0 Å². The van der Waals surface area contributed by atoms with E-state index in [0.717, 1.165) is 16.9 Å². The van der Waals surface area contributed by atoms with E-state index in [9.17, 15) is 9.59 Å². The number of fused-ring (bicyclic) bond motifs is 1. The van der Waals surface area contributed by atoms with E-state index in [1.165, 1.54) is 0 Å². The average Bonchev–Trinajstić information content (AvgIpc) is 3.24. The second kappa shape index (κ2) is 8.37. The topological polar surface area (TPSA) is 74.6 Å². The summed E-state index contributed by atoms with van der Waals surface area (Å²) in [5.74, 6) is 0.517. The van der Waals surface area contributed by atoms with Gasteiger partial charge in [0.05, 0.1) is 28.3 Å². The zero-order chi connectivity index (χ0) is 24.0. The third-order valence-corrected chi connectivity index (χ3v) is 6.61. The van der Waals surface area contributed by atoms with Crippen LogP contribution >= 0.6 is 11.6 Å². The van der Waals surface area contributed by atoms with Crippen molar-refractivity contribution in [3.05, 3.63) is 88.5 Å². The Morgan fingerprint density at radius 2 is 1.94 bits per heavy atom. The van der Waals surface area contributed by atoms with Crippen molar-refractivity contribution in [2.75, 3.05) is 15.5 Å². The van der Waals surface area contributed by atoms with Crippen LogP contribution in [0.1, 0.15) is 44.1 Å². The number of furan rings is 1. The van der Waals surface area contributed by atoms with Gasteiger partial charge in [0.1, 0.15) is 11.8 Å². The number of allylic oxidation sites excluding steroid dienone is 1. The summed E-state index contributed by atoms with van der Waals surface area (Å²) in [6, 6.07) is 15.4. The second-order valence-corrected chi connectivity index (χ2v) is 10.1. The number of hydrogen-bond acceptors (Lipinski definition) is 4. The molecule has 3 aromatic rings. The molecule has 2 N–H and O–H groups in total. The van der Waals surface area contributed by atoms with Gasteiger partial charge in [0.15, 0.2) is 5.78 Å². The molecule has 2 aliphatic rings. The number of para-hydroxylation sites is 2. The lowest BCUT2D eigenvalue weighted by molar-refractivity contribution is -0.118. The zero-order valence-corrected chi connectivity index (χ0v) is 20.1. The molecule has 5 rings (SSSR count). The van der Waals surface area contributed by atoms with Gasteiger partial charge in [-0.05, 0) is 60.7 Å². The van der Waals surface area contributed by atoms with Crippen molar-refractivity contribution in [3.63, 3.8) is 0 Å². The molecule has 1 atom stereocenters. The van der Waals surface area contributed by atoms with Crippen LogP contribution in [-0.2, 0) is 4.79 Å². The lowest BCUT2D eigenvalue weighted by Gasteiger charge is -2.36. The average molecular weight is 476 g/mol. The molecule has 2 heterocycles. The maximum Gasteiger partial charge on any atom is 0.327 e. The van der Waals surface area contributed by atoms with Crippen molar-refractivity contribution in [3.8, 4) is 0 Å². The van der Waals surface area contributed by atoms with Gasteiger partial charge in [-0.1, -0.05) is 43.6 Å². The molecule has 0 saturated heterocycles. The number of amides is 2. The SMILES string of the molecule is Cc1ccc(NC(=O)N2c3ccccc3NC3=C(C(=O)CC(C)(C)C3)[C@@H]2c2ccco2)c(Cl)c1. The molecule has 0 unspecified atom stereocenters. The summed E-state index contributed by atoms with van der Waals surface area (Å²) in [4.78, 5) is 29.0. The molecular formula is C27H26ClN3O3. The van der Waals surface area contributed by atoms with Gasteiger partial charge in [-0.15, -0.1) is 0 Å². The monoisotopic (exact) mass is 475 g/mol. The normalized spacial score (nSPS) is 19.1. The predicted molar refractivity (Wildman–Crippen MR) is 134 cm³/mol. The summed E-state index contributed by atoms with van der Waals surface area (Å²) in [5.41, 5.74) is 4.05. The maximum absolute atomic E-state index is 13.9. The fraction of sp³-hybridized carbons (Fsp3) is 0.259. The number of carbonyl (C=O) groups is 2. The number of benzene rings is 2. The molecule has 7 heteroatoms. The lowest BCUT2D eigenvalue weighted by atomic mass is 9.74. The minimum absolute atomic E-state index is 0.000811. The van der Waals surface area contributed by atoms with E-state index in [-0.39, 0.29) is 11.2 Å². The van der Waals surface area contributed by atoms with Gasteiger partial charge in [0.25, 0.3) is 0 Å². The highest BCUT2D eigenvalue weighted by atomic mass is 35.5. The molecule has 6 nitrogen and oxygen atoms in total. The minimum atomic E-state index is -0.728. The Balaban J connectivity index is 1.68. The van der Waals surface area contributed by atoms with Crippen LogP contribution < -0.4 is 15.5 Å². The van der Waals surface area contributed by atoms with Crippen molar-refractivity contribution in [2.24, 2.45) is 5.41 Å². The van der Waals surface area contributed by atoms with Crippen LogP contribution in [0.2, 0.25) is 5.02 Å². The fourth-order valence-electron chi connectivity index (χ4n) is 4.82. The standard InChI is InChI=1S/C27H26ClN3O3/c1-16-10-11-18(17(28)13-16)30-26(33)31-21-8-5-4-7-19(21)29-20-14-27(2,3)15-22(32)24(20)25(31)23-9-6-12-34-23/h4-13,25,29H,14-15H2,1-3H3,(H,30,33)/t25-/m0/s1. The Labute approximate surface area is 203 Å². The number of anilines is 3. The van der Waals surface area contributed by atoms with Gasteiger partial charge in [0, 0.05) is 17.7 Å². The number of hydrogen-bond donors (Lipinski definition) is 2. The Morgan fingerprint density at radius 3 is 2.68 bits per heavy atom. The van der Waals surface area contributed by atoms with Crippen LogP contribution in [0.3, 0.4) is 0 Å². The van der Waals surface area contributed by atoms with Crippen molar-refractivity contribution in [2.45, 2.75) is 39.7 Å². The molecule has 0 radical (unpaired) electrons. The molecule has 1 aromatic heterocycles. The second-order valence-electron chi connectivity index (χ2n) is 9.68. The molecular weight excluding hydrogens is 450 g/mol. The molecule has 0 fully saturated rings. The Hall–Kier alpha value is -3.51. The van der Waals surface area contributed by atoms with Crippen LogP contribution in [0.5, 0.6) is 0 Å². The van der Waals surface area contributed by atoms with Crippen LogP contribution in [0.4, 0.5) is 21.9 Å². The van der Waals surface area contributed by atoms with Gasteiger partial charge >= 0.3 is 6.03 Å². The summed E-state index contributed by atoms with van der Waals surface area (Å²) >= 11 is 6.42. The molecule has 0 saturated carbocycles. The zero-order valence-electron chi connectivity index (χ0n) is 19.3. The van der Waals surface area contributed by atoms with E-state index in [1.54, 1.807) is 35.4 Å². The first-order valence-corrected chi connectivity index (χ1v) is 11.6. The van der Waals surface area contributed by atoms with Crippen molar-refractivity contribution in [1.29, 1.82) is 0 Å². The number of urea groups is 1. The highest BCUT2D eigenvalue weighted by molar-refractivity contribution is 6.34. The number of ketones is 1. The third kappa shape index (κ3) is 3.99. The molecule has 2 amide bonds. The van der Waals surface area contributed by atoms with Crippen molar-refractivity contribution < 1.29 is 14.0 Å². The van der Waals surface area contributed by atoms with Crippen LogP contribution in [-0.4, -0.2) is 11.8 Å². The fourth-order valence-corrected chi connectivity index (χ4v) is 5.11. The minimum Gasteiger partial charge on any atom is -0.467 e. The first kappa shape index (κ1) is 22.3. The summed E-state index contributed by atoms with van der Waals surface area (Å²) in [5, 5.41) is 6.87. The van der Waals surface area contributed by atoms with Crippen LogP contribution in [0.15, 0.2) is 76.5 Å². The molecule has 0 bridgehead atoms. The Bertz CT molecular complexity index is 1310. The van der Waals surface area contributed by atoms with Gasteiger partial charge < -0.3 is 15.1 Å². The van der Waals surface area contributed by atoms with E-state index in [4.69, 9.17) is 16.0 Å². The molecule has 1 aliphatic carbocycles. The highest BCUT2D eigenvalue weighted by Gasteiger charge is 2.44. The summed E-state index contributed by atoms with van der Waals surface area (Å²) in [6.45, 7) is 6.10. The summed E-state index contributed by atoms with van der Waals surface area (Å²) in [7, 11) is 0. The molecule has 0 spiro atoms. The van der Waals surface area contributed by atoms with Gasteiger partial charge in [-0.25, -0.2) is 4.79 Å². The number of Topliss-reactive ketones (excluding diaryl/α,β-unsaturated/α-hetero) is 1. The van der Waals surface area contributed by atoms with E-state index in [2.05, 4.69) is 24.5 Å². The number of rotatable bonds is 2. The lowest BCUT2D eigenvalue weighted by Crippen LogP contribution is -2.41. The molecule has 1 aliphatic heterocycles. The number of nitrogens with zero attached hydrogens (tertiary/aromatic N) is 1. The van der Waals surface area contributed by atoms with E-state index in [1.807, 2.05) is 37.3 Å². The van der Waals surface area contributed by atoms with Crippen molar-refractivity contribution >= 4 is 40.5 Å². The number of halogens is 1. The number of carbonyl (C=O) groups excluding carboxylic acids is 2. The summed E-state index contributed by atoms with van der Waals surface area (Å²) in [6.07, 6.45) is 2.63. The van der Waals surface area contributed by atoms with Gasteiger partial charge in [-0.2, -0.15) is 0 Å². The molecule has 2 aromatic carbocycles. The van der Waals surface area contributed by atoms with Crippen LogP contribution in [0.25, 0.3) is 0 Å². The first-order valence-electron chi connectivity index (χ1n) is 11.3. The quantitative estimate of drug-likeness (QED) is 0.415. The third-order valence-electron chi connectivity index (χ3n) is 6.30.